The lowest BCUT2D eigenvalue weighted by molar-refractivity contribution is -0.140. The average Bonchev–Trinajstić information content (AvgIpc) is 2.27. The number of ether oxygens (including phenoxy) is 1. The van der Waals surface area contributed by atoms with Crippen molar-refractivity contribution in [2.24, 2.45) is 0 Å². The lowest BCUT2D eigenvalue weighted by Gasteiger charge is -2.34. The second-order valence-corrected chi connectivity index (χ2v) is 4.47. The summed E-state index contributed by atoms with van der Waals surface area (Å²) in [6, 6.07) is -1.83. The summed E-state index contributed by atoms with van der Waals surface area (Å²) in [5.74, 6) is -2.35. The summed E-state index contributed by atoms with van der Waals surface area (Å²) in [6.45, 7) is 0. The Bertz CT molecular complexity index is 353. The first-order valence-corrected chi connectivity index (χ1v) is 5.96. The third kappa shape index (κ3) is 5.12. The highest BCUT2D eigenvalue weighted by Crippen LogP contribution is 2.22. The van der Waals surface area contributed by atoms with Crippen molar-refractivity contribution < 1.29 is 29.3 Å². The molecule has 1 unspecified atom stereocenters. The van der Waals surface area contributed by atoms with Crippen LogP contribution in [0, 0.1) is 0 Å². The number of nitrogens with one attached hydrogen (secondary N) is 2. The monoisotopic (exact) mass is 274 g/mol. The Kier molecular flexibility index (Phi) is 5.56. The summed E-state index contributed by atoms with van der Waals surface area (Å²) >= 11 is 0. The van der Waals surface area contributed by atoms with Crippen LogP contribution in [0.25, 0.3) is 0 Å². The molecule has 1 fully saturated rings. The molecule has 1 saturated carbocycles. The van der Waals surface area contributed by atoms with Gasteiger partial charge in [-0.25, -0.2) is 9.59 Å². The van der Waals surface area contributed by atoms with E-state index in [0.29, 0.717) is 12.8 Å². The van der Waals surface area contributed by atoms with Crippen molar-refractivity contribution in [3.8, 4) is 0 Å². The minimum absolute atomic E-state index is 0.0288. The van der Waals surface area contributed by atoms with E-state index in [4.69, 9.17) is 14.9 Å². The Labute approximate surface area is 110 Å². The van der Waals surface area contributed by atoms with Gasteiger partial charge in [-0.1, -0.05) is 0 Å². The van der Waals surface area contributed by atoms with Crippen molar-refractivity contribution in [1.82, 2.24) is 10.6 Å². The molecule has 0 saturated heterocycles. The van der Waals surface area contributed by atoms with E-state index < -0.39 is 24.0 Å². The molecule has 19 heavy (non-hydrogen) atoms. The van der Waals surface area contributed by atoms with Crippen LogP contribution < -0.4 is 10.6 Å². The van der Waals surface area contributed by atoms with Gasteiger partial charge in [-0.05, 0) is 19.3 Å². The third-order valence-electron chi connectivity index (χ3n) is 3.01. The molecule has 0 aromatic heterocycles. The van der Waals surface area contributed by atoms with Gasteiger partial charge in [0.15, 0.2) is 0 Å². The minimum atomic E-state index is -1.25. The smallest absolute Gasteiger partial charge is 0.326 e. The Balaban J connectivity index is 2.31. The van der Waals surface area contributed by atoms with Crippen LogP contribution in [0.5, 0.6) is 0 Å². The molecule has 1 atom stereocenters. The minimum Gasteiger partial charge on any atom is -0.481 e. The number of rotatable bonds is 7. The number of amides is 2. The molecule has 8 heteroatoms. The highest BCUT2D eigenvalue weighted by atomic mass is 16.5. The fourth-order valence-corrected chi connectivity index (χ4v) is 1.79. The highest BCUT2D eigenvalue weighted by molar-refractivity contribution is 5.83. The van der Waals surface area contributed by atoms with E-state index in [2.05, 4.69) is 10.6 Å². The Morgan fingerprint density at radius 3 is 2.42 bits per heavy atom. The van der Waals surface area contributed by atoms with Crippen LogP contribution in [0.1, 0.15) is 25.7 Å². The molecule has 1 aliphatic rings. The maximum Gasteiger partial charge on any atom is 0.326 e. The van der Waals surface area contributed by atoms with Crippen molar-refractivity contribution in [2.45, 2.75) is 43.9 Å². The van der Waals surface area contributed by atoms with E-state index in [-0.39, 0.29) is 25.0 Å². The van der Waals surface area contributed by atoms with E-state index in [1.54, 1.807) is 7.11 Å². The summed E-state index contributed by atoms with van der Waals surface area (Å²) in [7, 11) is 1.59. The predicted octanol–water partition coefficient (Wildman–Crippen LogP) is -0.219. The molecule has 1 aliphatic carbocycles. The second-order valence-electron chi connectivity index (χ2n) is 4.47. The van der Waals surface area contributed by atoms with Crippen LogP contribution >= 0.6 is 0 Å². The molecule has 0 heterocycles. The van der Waals surface area contributed by atoms with E-state index in [9.17, 15) is 14.4 Å². The van der Waals surface area contributed by atoms with Crippen molar-refractivity contribution in [3.05, 3.63) is 0 Å². The van der Waals surface area contributed by atoms with Crippen LogP contribution in [0.3, 0.4) is 0 Å². The van der Waals surface area contributed by atoms with Gasteiger partial charge in [0.2, 0.25) is 0 Å². The van der Waals surface area contributed by atoms with Crippen molar-refractivity contribution in [1.29, 1.82) is 0 Å². The number of hydrogen-bond donors (Lipinski definition) is 4. The number of methoxy groups -OCH3 is 1. The van der Waals surface area contributed by atoms with Crippen molar-refractivity contribution >= 4 is 18.0 Å². The molecule has 1 rings (SSSR count). The average molecular weight is 274 g/mol. The Morgan fingerprint density at radius 1 is 1.32 bits per heavy atom. The van der Waals surface area contributed by atoms with E-state index >= 15 is 0 Å². The van der Waals surface area contributed by atoms with Gasteiger partial charge in [-0.3, -0.25) is 4.79 Å². The molecule has 108 valence electrons. The van der Waals surface area contributed by atoms with E-state index in [1.807, 2.05) is 0 Å². The quantitative estimate of drug-likeness (QED) is 0.508. The van der Waals surface area contributed by atoms with Gasteiger partial charge in [0.25, 0.3) is 0 Å². The molecule has 0 radical (unpaired) electrons. The van der Waals surface area contributed by atoms with Crippen LogP contribution in [-0.4, -0.2) is 53.5 Å². The summed E-state index contributed by atoms with van der Waals surface area (Å²) < 4.78 is 5.05. The number of carboxylic acid groups (broad SMARTS) is 2. The maximum absolute atomic E-state index is 11.5. The summed E-state index contributed by atoms with van der Waals surface area (Å²) in [4.78, 5) is 32.8. The zero-order chi connectivity index (χ0) is 14.4. The van der Waals surface area contributed by atoms with Crippen LogP contribution in [0.2, 0.25) is 0 Å². The lowest BCUT2D eigenvalue weighted by atomic mass is 9.89. The first-order chi connectivity index (χ1) is 8.92. The van der Waals surface area contributed by atoms with Gasteiger partial charge in [-0.15, -0.1) is 0 Å². The normalized spacial score (nSPS) is 23.0. The first-order valence-electron chi connectivity index (χ1n) is 5.96. The largest absolute Gasteiger partial charge is 0.481 e. The van der Waals surface area contributed by atoms with Crippen LogP contribution in [-0.2, 0) is 14.3 Å². The van der Waals surface area contributed by atoms with Crippen LogP contribution in [0.15, 0.2) is 0 Å². The zero-order valence-electron chi connectivity index (χ0n) is 10.6. The van der Waals surface area contributed by atoms with E-state index in [1.165, 1.54) is 0 Å². The highest BCUT2D eigenvalue weighted by Gasteiger charge is 2.31. The molecule has 0 bridgehead atoms. The summed E-state index contributed by atoms with van der Waals surface area (Å²) in [5, 5.41) is 22.2. The lowest BCUT2D eigenvalue weighted by Crippen LogP contribution is -2.53. The number of carbonyl (C=O) groups is 3. The van der Waals surface area contributed by atoms with Crippen molar-refractivity contribution in [3.63, 3.8) is 0 Å². The molecule has 0 aromatic carbocycles. The van der Waals surface area contributed by atoms with Crippen molar-refractivity contribution in [2.75, 3.05) is 7.11 Å². The molecule has 0 aromatic rings. The number of urea groups is 1. The van der Waals surface area contributed by atoms with Gasteiger partial charge >= 0.3 is 18.0 Å². The first kappa shape index (κ1) is 15.2. The maximum atomic E-state index is 11.5. The zero-order valence-corrected chi connectivity index (χ0v) is 10.6. The summed E-state index contributed by atoms with van der Waals surface area (Å²) in [5.41, 5.74) is 0. The van der Waals surface area contributed by atoms with Crippen LogP contribution in [0.4, 0.5) is 4.79 Å². The standard InChI is InChI=1S/C11H18N2O6/c1-19-7-4-6(5-7)12-11(18)13-8(10(16)17)2-3-9(14)15/h6-8H,2-5H2,1H3,(H,14,15)(H,16,17)(H2,12,13,18). The molecule has 2 amide bonds. The van der Waals surface area contributed by atoms with Gasteiger partial charge in [0, 0.05) is 19.6 Å². The number of carbonyl (C=O) groups excluding carboxylic acids is 1. The fourth-order valence-electron chi connectivity index (χ4n) is 1.79. The third-order valence-corrected chi connectivity index (χ3v) is 3.01. The molecular formula is C11H18N2O6. The molecule has 8 nitrogen and oxygen atoms in total. The molecule has 0 aliphatic heterocycles. The topological polar surface area (TPSA) is 125 Å². The van der Waals surface area contributed by atoms with Gasteiger partial charge < -0.3 is 25.6 Å². The number of carboxylic acids is 2. The van der Waals surface area contributed by atoms with E-state index in [0.717, 1.165) is 0 Å². The second kappa shape index (κ2) is 6.93. The molecule has 0 spiro atoms. The molecule has 4 N–H and O–H groups in total. The fraction of sp³-hybridized carbons (Fsp3) is 0.727. The number of hydrogen-bond acceptors (Lipinski definition) is 4. The predicted molar refractivity (Wildman–Crippen MR) is 63.8 cm³/mol. The number of aliphatic carboxylic acids is 2. The SMILES string of the molecule is COC1CC(NC(=O)NC(CCC(=O)O)C(=O)O)C1. The Hall–Kier alpha value is -1.83. The van der Waals surface area contributed by atoms with Gasteiger partial charge in [0.1, 0.15) is 6.04 Å². The Morgan fingerprint density at radius 2 is 1.95 bits per heavy atom. The molecular weight excluding hydrogens is 256 g/mol. The summed E-state index contributed by atoms with van der Waals surface area (Å²) in [6.07, 6.45) is 1.05. The van der Waals surface area contributed by atoms with Gasteiger partial charge in [-0.2, -0.15) is 0 Å². The van der Waals surface area contributed by atoms with Gasteiger partial charge in [0.05, 0.1) is 6.10 Å².